The van der Waals surface area contributed by atoms with Gasteiger partial charge in [-0.2, -0.15) is 0 Å². The highest BCUT2D eigenvalue weighted by atomic mass is 35.5. The van der Waals surface area contributed by atoms with Crippen LogP contribution in [0.4, 0.5) is 0 Å². The fraction of sp³-hybridized carbons (Fsp3) is 0.228. The Kier molecular flexibility index (Phi) is 8.89. The number of aryl methyl sites for hydroxylation is 2. The summed E-state index contributed by atoms with van der Waals surface area (Å²) in [6.45, 7) is 13.7. The number of rotatable bonds is 3. The van der Waals surface area contributed by atoms with Crippen molar-refractivity contribution < 1.29 is 18.3 Å². The van der Waals surface area contributed by atoms with Gasteiger partial charge >= 0.3 is 0 Å². The smallest absolute Gasteiger partial charge is 0.161 e. The van der Waals surface area contributed by atoms with Gasteiger partial charge in [0.25, 0.3) is 0 Å². The number of fused-ring (bicyclic) bond motifs is 15. The van der Waals surface area contributed by atoms with Gasteiger partial charge in [0.1, 0.15) is 28.2 Å². The molecule has 4 aromatic heterocycles. The zero-order valence-corrected chi connectivity index (χ0v) is 36.3. The number of hydrogen-bond acceptors (Lipinski definition) is 4. The third kappa shape index (κ3) is 5.29. The first-order valence-electron chi connectivity index (χ1n) is 21.0. The van der Waals surface area contributed by atoms with Gasteiger partial charge in [0, 0.05) is 55.6 Å². The molecule has 0 atom stereocenters. The van der Waals surface area contributed by atoms with Crippen LogP contribution in [0.2, 0.25) is 5.02 Å². The molecule has 10 aromatic rings. The minimum absolute atomic E-state index is 0. The second-order valence-electron chi connectivity index (χ2n) is 18.2. The summed E-state index contributed by atoms with van der Waals surface area (Å²) < 4.78 is 25.9. The van der Waals surface area contributed by atoms with Gasteiger partial charge in [0.05, 0.1) is 30.5 Å². The zero-order valence-electron chi connectivity index (χ0n) is 35.6. The second-order valence-corrected chi connectivity index (χ2v) is 18.6. The lowest BCUT2D eigenvalue weighted by Gasteiger charge is -2.26. The van der Waals surface area contributed by atoms with E-state index in [0.717, 1.165) is 62.3 Å². The van der Waals surface area contributed by atoms with E-state index in [4.69, 9.17) is 29.9 Å². The number of ether oxygens (including phenoxy) is 2. The average Bonchev–Trinajstić information content (AvgIpc) is 4.11. The number of allylic oxidation sites excluding steroid dienone is 2. The number of furan rings is 2. The van der Waals surface area contributed by atoms with Crippen molar-refractivity contribution in [1.29, 1.82) is 0 Å². The molecular weight excluding hydrogens is 798 g/mol. The normalized spacial score (nSPS) is 14.9. The number of aromatic nitrogens is 1. The minimum Gasteiger partial charge on any atom is -0.497 e. The summed E-state index contributed by atoms with van der Waals surface area (Å²) in [5.74, 6) is 2.31. The summed E-state index contributed by atoms with van der Waals surface area (Å²) in [5.41, 5.74) is 22.4. The van der Waals surface area contributed by atoms with Crippen LogP contribution in [0.3, 0.4) is 0 Å². The van der Waals surface area contributed by atoms with Crippen LogP contribution in [-0.4, -0.2) is 18.6 Å². The molecular formula is C57H52ClNO4. The maximum absolute atomic E-state index is 6.82. The van der Waals surface area contributed by atoms with Crippen LogP contribution in [0.25, 0.3) is 83.1 Å². The van der Waals surface area contributed by atoms with Gasteiger partial charge in [0.15, 0.2) is 11.3 Å². The van der Waals surface area contributed by atoms with Gasteiger partial charge in [-0.1, -0.05) is 132 Å². The Morgan fingerprint density at radius 2 is 1.19 bits per heavy atom. The Hall–Kier alpha value is -6.43. The summed E-state index contributed by atoms with van der Waals surface area (Å²) in [5, 5.41) is 5.20. The molecule has 4 heterocycles. The Bertz CT molecular complexity index is 3570. The minimum atomic E-state index is -0.0426. The van der Waals surface area contributed by atoms with Crippen molar-refractivity contribution in [2.24, 2.45) is 0 Å². The van der Waals surface area contributed by atoms with E-state index in [1.54, 1.807) is 14.2 Å². The van der Waals surface area contributed by atoms with Gasteiger partial charge in [-0.25, -0.2) is 0 Å². The highest BCUT2D eigenvalue weighted by molar-refractivity contribution is 6.38. The van der Waals surface area contributed by atoms with Crippen LogP contribution >= 0.6 is 11.6 Å². The largest absolute Gasteiger partial charge is 0.497 e. The Morgan fingerprint density at radius 1 is 0.587 bits per heavy atom. The highest BCUT2D eigenvalue weighted by Gasteiger charge is 2.44. The predicted molar refractivity (Wildman–Crippen MR) is 264 cm³/mol. The van der Waals surface area contributed by atoms with Crippen LogP contribution < -0.4 is 9.47 Å². The van der Waals surface area contributed by atoms with Crippen LogP contribution in [0.1, 0.15) is 87.1 Å². The maximum Gasteiger partial charge on any atom is 0.161 e. The van der Waals surface area contributed by atoms with Gasteiger partial charge in [0.2, 0.25) is 0 Å². The highest BCUT2D eigenvalue weighted by Crippen LogP contribution is 2.59. The molecule has 6 heteroatoms. The quantitative estimate of drug-likeness (QED) is 0.178. The number of para-hydroxylation sites is 1. The number of halogens is 1. The Morgan fingerprint density at radius 3 is 1.89 bits per heavy atom. The van der Waals surface area contributed by atoms with Crippen LogP contribution in [0, 0.1) is 13.8 Å². The molecule has 3 aliphatic carbocycles. The summed E-state index contributed by atoms with van der Waals surface area (Å²) in [7, 11) is 3.35. The lowest BCUT2D eigenvalue weighted by molar-refractivity contribution is 0.414. The molecule has 0 N–H and O–H groups in total. The monoisotopic (exact) mass is 849 g/mol. The number of benzene rings is 6. The van der Waals surface area contributed by atoms with Gasteiger partial charge in [-0.15, -0.1) is 0 Å². The van der Waals surface area contributed by atoms with Gasteiger partial charge < -0.3 is 22.7 Å². The number of hydrogen-bond donors (Lipinski definition) is 0. The summed E-state index contributed by atoms with van der Waals surface area (Å²) >= 11 is 6.82. The van der Waals surface area contributed by atoms with E-state index in [9.17, 15) is 0 Å². The molecule has 63 heavy (non-hydrogen) atoms. The van der Waals surface area contributed by atoms with Crippen molar-refractivity contribution in [1.82, 2.24) is 4.40 Å². The molecule has 3 aliphatic rings. The van der Waals surface area contributed by atoms with Crippen LogP contribution in [-0.2, 0) is 17.3 Å². The molecule has 0 radical (unpaired) electrons. The summed E-state index contributed by atoms with van der Waals surface area (Å²) in [6.07, 6.45) is 0.900. The summed E-state index contributed by atoms with van der Waals surface area (Å²) in [4.78, 5) is 0. The first-order valence-corrected chi connectivity index (χ1v) is 21.4. The molecule has 6 aromatic carbocycles. The lowest BCUT2D eigenvalue weighted by atomic mass is 9.77. The molecule has 0 unspecified atom stereocenters. The van der Waals surface area contributed by atoms with Crippen molar-refractivity contribution in [2.75, 3.05) is 14.2 Å². The predicted octanol–water partition coefficient (Wildman–Crippen LogP) is 16.2. The van der Waals surface area contributed by atoms with Crippen molar-refractivity contribution in [3.63, 3.8) is 0 Å². The van der Waals surface area contributed by atoms with Crippen molar-refractivity contribution in [2.45, 2.75) is 73.6 Å². The van der Waals surface area contributed by atoms with E-state index < -0.39 is 0 Å². The molecule has 5 nitrogen and oxygen atoms in total. The molecule has 0 saturated heterocycles. The zero-order chi connectivity index (χ0) is 41.9. The molecule has 0 bridgehead atoms. The molecule has 0 amide bonds. The summed E-state index contributed by atoms with van der Waals surface area (Å²) in [6, 6.07) is 38.8. The van der Waals surface area contributed by atoms with Crippen molar-refractivity contribution in [3.8, 4) is 34.1 Å². The van der Waals surface area contributed by atoms with Gasteiger partial charge in [-0.05, 0) is 95.1 Å². The van der Waals surface area contributed by atoms with E-state index in [1.165, 1.54) is 83.2 Å². The lowest BCUT2D eigenvalue weighted by Crippen LogP contribution is -2.16. The molecule has 0 fully saturated rings. The third-order valence-corrected chi connectivity index (χ3v) is 14.4. The maximum atomic E-state index is 6.82. The SMILES string of the molecule is C.C.COc1ccc2c(Cl)c(-c3cccc4c3CC3=C4C(C)(C)c4cc(C)ccc43)oc2c1.COc1ccc2c(c1)oc1c3cccc4c5c(n(c43)c21)-c1ccc(C)cc1C5(C)C. The van der Waals surface area contributed by atoms with E-state index in [-0.39, 0.29) is 25.7 Å². The van der Waals surface area contributed by atoms with Crippen LogP contribution in [0.15, 0.2) is 118 Å². The van der Waals surface area contributed by atoms with Crippen molar-refractivity contribution >= 4 is 72.1 Å². The van der Waals surface area contributed by atoms with E-state index >= 15 is 0 Å². The number of methoxy groups -OCH3 is 2. The Labute approximate surface area is 373 Å². The van der Waals surface area contributed by atoms with Crippen molar-refractivity contribution in [3.05, 3.63) is 159 Å². The van der Waals surface area contributed by atoms with E-state index in [1.807, 2.05) is 30.3 Å². The Balaban J connectivity index is 0.000000145. The first kappa shape index (κ1) is 40.6. The van der Waals surface area contributed by atoms with Gasteiger partial charge in [-0.3, -0.25) is 0 Å². The molecule has 316 valence electrons. The number of nitrogens with zero attached hydrogens (tertiary/aromatic N) is 1. The molecule has 0 saturated carbocycles. The van der Waals surface area contributed by atoms with E-state index in [2.05, 4.69) is 125 Å². The molecule has 0 spiro atoms. The standard InChI is InChI=1S/C28H23ClO2.C27H21NO2.2CH4/c1-15-8-10-17-22-14-21-18(25(22)28(2,3)23(17)12-15)6-5-7-19(21)27-26(29)20-11-9-16(30-4)13-24(20)31-27;1-14-8-10-16-20(12-14)27(2,3)22-18-6-5-7-19-23(18)28(24(16)22)25-17-11-9-15(29-4)13-21(17)30-26(19)25;;/h5-13H,14H2,1-4H3;5-13H,1-4H3;2*1H4. The van der Waals surface area contributed by atoms with E-state index in [0.29, 0.717) is 5.02 Å². The fourth-order valence-electron chi connectivity index (χ4n) is 11.3. The fourth-order valence-corrected chi connectivity index (χ4v) is 11.6. The third-order valence-electron chi connectivity index (χ3n) is 14.0. The molecule has 13 rings (SSSR count). The second kappa shape index (κ2) is 13.8. The average molecular weight is 850 g/mol. The topological polar surface area (TPSA) is 49.2 Å². The van der Waals surface area contributed by atoms with Crippen LogP contribution in [0.5, 0.6) is 11.5 Å². The first-order chi connectivity index (χ1) is 29.4. The molecule has 0 aliphatic heterocycles.